The fourth-order valence-corrected chi connectivity index (χ4v) is 2.49. The van der Waals surface area contributed by atoms with Crippen LogP contribution in [-0.2, 0) is 11.2 Å². The predicted octanol–water partition coefficient (Wildman–Crippen LogP) is 1.46. The number of amides is 1. The van der Waals surface area contributed by atoms with Crippen LogP contribution in [0.3, 0.4) is 0 Å². The van der Waals surface area contributed by atoms with Crippen molar-refractivity contribution in [1.82, 2.24) is 35.1 Å². The summed E-state index contributed by atoms with van der Waals surface area (Å²) >= 11 is 5.96. The van der Waals surface area contributed by atoms with Gasteiger partial charge < -0.3 is 9.88 Å². The molecule has 1 atom stereocenters. The van der Waals surface area contributed by atoms with E-state index >= 15 is 0 Å². The summed E-state index contributed by atoms with van der Waals surface area (Å²) in [5, 5.41) is 11.5. The average molecular weight is 334 g/mol. The molecule has 2 aromatic heterocycles. The molecule has 3 rings (SSSR count). The van der Waals surface area contributed by atoms with Crippen LogP contribution in [0.2, 0.25) is 5.02 Å². The second-order valence-corrected chi connectivity index (χ2v) is 5.76. The molecule has 1 amide bonds. The normalized spacial score (nSPS) is 12.5. The summed E-state index contributed by atoms with van der Waals surface area (Å²) in [4.78, 5) is 21.7. The lowest BCUT2D eigenvalue weighted by molar-refractivity contribution is -0.133. The highest BCUT2D eigenvalue weighted by atomic mass is 35.5. The maximum absolute atomic E-state index is 12.3. The number of carbonyl (C=O) groups is 1. The molecule has 0 radical (unpaired) electrons. The Labute approximate surface area is 137 Å². The zero-order chi connectivity index (χ0) is 16.4. The van der Waals surface area contributed by atoms with Crippen LogP contribution in [0.1, 0.15) is 18.8 Å². The smallest absolute Gasteiger partial charge is 0.247 e. The number of hydrogen-bond donors (Lipinski definition) is 1. The van der Waals surface area contributed by atoms with Gasteiger partial charge in [0.15, 0.2) is 0 Å². The van der Waals surface area contributed by atoms with E-state index in [1.54, 1.807) is 24.9 Å². The van der Waals surface area contributed by atoms with E-state index in [0.717, 1.165) is 16.9 Å². The summed E-state index contributed by atoms with van der Waals surface area (Å²) in [7, 11) is 1.75. The van der Waals surface area contributed by atoms with E-state index in [0.29, 0.717) is 18.0 Å². The molecule has 0 spiro atoms. The van der Waals surface area contributed by atoms with Crippen LogP contribution in [0, 0.1) is 0 Å². The highest BCUT2D eigenvalue weighted by Gasteiger charge is 2.20. The van der Waals surface area contributed by atoms with E-state index in [4.69, 9.17) is 11.6 Å². The number of nitrogens with zero attached hydrogens (tertiary/aromatic N) is 6. The Kier molecular flexibility index (Phi) is 4.24. The second-order valence-electron chi connectivity index (χ2n) is 5.32. The van der Waals surface area contributed by atoms with E-state index in [2.05, 4.69) is 25.5 Å². The minimum Gasteiger partial charge on any atom is -0.343 e. The molecule has 1 N–H and O–H groups in total. The van der Waals surface area contributed by atoms with Gasteiger partial charge in [-0.15, -0.1) is 5.10 Å². The van der Waals surface area contributed by atoms with Crippen LogP contribution in [-0.4, -0.2) is 54.6 Å². The number of aromatic amines is 1. The van der Waals surface area contributed by atoms with Crippen molar-refractivity contribution in [2.75, 3.05) is 13.6 Å². The minimum absolute atomic E-state index is 0.0588. The molecule has 0 unspecified atom stereocenters. The molecule has 0 aliphatic carbocycles. The summed E-state index contributed by atoms with van der Waals surface area (Å²) in [6, 6.07) is 5.07. The Hall–Kier alpha value is -2.48. The highest BCUT2D eigenvalue weighted by Crippen LogP contribution is 2.17. The van der Waals surface area contributed by atoms with Crippen molar-refractivity contribution in [3.63, 3.8) is 0 Å². The number of hydrogen-bond acceptors (Lipinski definition) is 5. The fraction of sp³-hybridized carbons (Fsp3) is 0.357. The minimum atomic E-state index is -0.440. The molecular weight excluding hydrogens is 318 g/mol. The first-order chi connectivity index (χ1) is 11.0. The molecule has 3 aromatic rings. The zero-order valence-electron chi connectivity index (χ0n) is 12.8. The lowest BCUT2D eigenvalue weighted by Gasteiger charge is -2.20. The monoisotopic (exact) mass is 333 g/mol. The van der Waals surface area contributed by atoms with Gasteiger partial charge in [-0.3, -0.25) is 4.79 Å². The van der Waals surface area contributed by atoms with Crippen LogP contribution in [0.4, 0.5) is 0 Å². The lowest BCUT2D eigenvalue weighted by Crippen LogP contribution is -2.35. The third-order valence-electron chi connectivity index (χ3n) is 3.67. The largest absolute Gasteiger partial charge is 0.343 e. The standard InChI is InChI=1S/C14H16ClN7O/c1-9(22-8-16-19-20-22)14(23)21(2)6-5-13-17-11-4-3-10(15)7-12(11)18-13/h3-4,7-9H,5-6H2,1-2H3,(H,17,18)/t9-/m0/s1. The molecular formula is C14H16ClN7O. The van der Waals surface area contributed by atoms with Crippen LogP contribution in [0.25, 0.3) is 11.0 Å². The van der Waals surface area contributed by atoms with E-state index in [-0.39, 0.29) is 5.91 Å². The van der Waals surface area contributed by atoms with Crippen LogP contribution < -0.4 is 0 Å². The number of H-pyrrole nitrogens is 1. The Morgan fingerprint density at radius 3 is 3.04 bits per heavy atom. The van der Waals surface area contributed by atoms with Crippen molar-refractivity contribution in [1.29, 1.82) is 0 Å². The van der Waals surface area contributed by atoms with Gasteiger partial charge in [0.1, 0.15) is 18.2 Å². The molecule has 23 heavy (non-hydrogen) atoms. The maximum atomic E-state index is 12.3. The van der Waals surface area contributed by atoms with E-state index < -0.39 is 6.04 Å². The number of imidazole rings is 1. The lowest BCUT2D eigenvalue weighted by atomic mass is 10.3. The summed E-state index contributed by atoms with van der Waals surface area (Å²) in [6.45, 7) is 2.30. The van der Waals surface area contributed by atoms with Crippen LogP contribution in [0.5, 0.6) is 0 Å². The van der Waals surface area contributed by atoms with Crippen molar-refractivity contribution < 1.29 is 4.79 Å². The summed E-state index contributed by atoms with van der Waals surface area (Å²) < 4.78 is 1.43. The number of rotatable bonds is 5. The molecule has 2 heterocycles. The summed E-state index contributed by atoms with van der Waals surface area (Å²) in [6.07, 6.45) is 2.05. The van der Waals surface area contributed by atoms with Gasteiger partial charge >= 0.3 is 0 Å². The number of carbonyl (C=O) groups excluding carboxylic acids is 1. The van der Waals surface area contributed by atoms with Crippen molar-refractivity contribution >= 4 is 28.5 Å². The number of likely N-dealkylation sites (N-methyl/N-ethyl adjacent to an activating group) is 1. The van der Waals surface area contributed by atoms with Gasteiger partial charge in [-0.2, -0.15) is 0 Å². The zero-order valence-corrected chi connectivity index (χ0v) is 13.5. The van der Waals surface area contributed by atoms with Gasteiger partial charge in [0.25, 0.3) is 0 Å². The maximum Gasteiger partial charge on any atom is 0.247 e. The molecule has 120 valence electrons. The van der Waals surface area contributed by atoms with Gasteiger partial charge in [0.05, 0.1) is 11.0 Å². The molecule has 0 saturated heterocycles. The SMILES string of the molecule is C[C@@H](C(=O)N(C)CCc1nc2ccc(Cl)cc2[nH]1)n1cnnn1. The number of benzene rings is 1. The highest BCUT2D eigenvalue weighted by molar-refractivity contribution is 6.31. The third kappa shape index (κ3) is 3.31. The first kappa shape index (κ1) is 15.4. The van der Waals surface area contributed by atoms with E-state index in [1.807, 2.05) is 12.1 Å². The van der Waals surface area contributed by atoms with Gasteiger partial charge in [0.2, 0.25) is 5.91 Å². The predicted molar refractivity (Wildman–Crippen MR) is 85.0 cm³/mol. The van der Waals surface area contributed by atoms with Crippen molar-refractivity contribution in [3.05, 3.63) is 35.4 Å². The van der Waals surface area contributed by atoms with Crippen molar-refractivity contribution in [2.45, 2.75) is 19.4 Å². The number of fused-ring (bicyclic) bond motifs is 1. The third-order valence-corrected chi connectivity index (χ3v) is 3.91. The summed E-state index contributed by atoms with van der Waals surface area (Å²) in [5.41, 5.74) is 1.75. The first-order valence-corrected chi connectivity index (χ1v) is 7.54. The number of tetrazole rings is 1. The van der Waals surface area contributed by atoms with Crippen molar-refractivity contribution in [2.24, 2.45) is 0 Å². The first-order valence-electron chi connectivity index (χ1n) is 7.16. The van der Waals surface area contributed by atoms with Gasteiger partial charge in [0, 0.05) is 25.0 Å². The molecule has 1 aromatic carbocycles. The van der Waals surface area contributed by atoms with Crippen molar-refractivity contribution in [3.8, 4) is 0 Å². The van der Waals surface area contributed by atoms with E-state index in [9.17, 15) is 4.79 Å². The quantitative estimate of drug-likeness (QED) is 0.763. The van der Waals surface area contributed by atoms with Crippen LogP contribution in [0.15, 0.2) is 24.5 Å². The van der Waals surface area contributed by atoms with Crippen LogP contribution >= 0.6 is 11.6 Å². The molecule has 0 fully saturated rings. The number of nitrogens with one attached hydrogen (secondary N) is 1. The second kappa shape index (κ2) is 6.33. The molecule has 0 bridgehead atoms. The number of aromatic nitrogens is 6. The Bertz CT molecular complexity index is 814. The van der Waals surface area contributed by atoms with Gasteiger partial charge in [-0.05, 0) is 35.5 Å². The molecule has 9 heteroatoms. The fourth-order valence-electron chi connectivity index (χ4n) is 2.31. The Balaban J connectivity index is 1.63. The molecule has 0 aliphatic heterocycles. The molecule has 8 nitrogen and oxygen atoms in total. The van der Waals surface area contributed by atoms with Gasteiger partial charge in [-0.25, -0.2) is 9.67 Å². The Morgan fingerprint density at radius 1 is 1.48 bits per heavy atom. The number of halogens is 1. The summed E-state index contributed by atoms with van der Waals surface area (Å²) in [5.74, 6) is 0.758. The molecule has 0 saturated carbocycles. The topological polar surface area (TPSA) is 92.6 Å². The van der Waals surface area contributed by atoms with E-state index in [1.165, 1.54) is 11.0 Å². The van der Waals surface area contributed by atoms with Gasteiger partial charge in [-0.1, -0.05) is 11.6 Å². The average Bonchev–Trinajstić information content (AvgIpc) is 3.19. The molecule has 0 aliphatic rings. The Morgan fingerprint density at radius 2 is 2.30 bits per heavy atom.